The highest BCUT2D eigenvalue weighted by atomic mass is 19.1. The summed E-state index contributed by atoms with van der Waals surface area (Å²) in [7, 11) is 2.02. The lowest BCUT2D eigenvalue weighted by molar-refractivity contribution is 0.481. The van der Waals surface area contributed by atoms with Gasteiger partial charge in [-0.3, -0.25) is 0 Å². The average Bonchev–Trinajstić information content (AvgIpc) is 2.33. The first-order valence-electron chi connectivity index (χ1n) is 5.11. The van der Waals surface area contributed by atoms with E-state index in [-0.39, 0.29) is 5.82 Å². The Morgan fingerprint density at radius 3 is 1.88 bits per heavy atom. The van der Waals surface area contributed by atoms with E-state index in [9.17, 15) is 4.39 Å². The standard InChI is InChI=1S/C13H11BFO/c1-14-10-2-6-12(7-3-10)16-13-8-4-11(15)5-9-13/h2-9H,1H3. The molecule has 0 fully saturated rings. The Kier molecular flexibility index (Phi) is 3.25. The molecule has 0 aliphatic heterocycles. The largest absolute Gasteiger partial charge is 0.457 e. The molecule has 2 aromatic carbocycles. The van der Waals surface area contributed by atoms with E-state index in [2.05, 4.69) is 0 Å². The Morgan fingerprint density at radius 1 is 0.875 bits per heavy atom. The molecule has 0 N–H and O–H groups in total. The second kappa shape index (κ2) is 4.84. The molecule has 1 nitrogen and oxygen atoms in total. The molecule has 0 heterocycles. The molecule has 0 spiro atoms. The van der Waals surface area contributed by atoms with Gasteiger partial charge in [-0.2, -0.15) is 0 Å². The maximum absolute atomic E-state index is 12.7. The number of ether oxygens (including phenoxy) is 1. The molecule has 16 heavy (non-hydrogen) atoms. The van der Waals surface area contributed by atoms with Gasteiger partial charge in [-0.25, -0.2) is 4.39 Å². The zero-order chi connectivity index (χ0) is 11.4. The molecule has 3 heteroatoms. The summed E-state index contributed by atoms with van der Waals surface area (Å²) in [6, 6.07) is 13.7. The molecule has 0 bridgehead atoms. The topological polar surface area (TPSA) is 9.23 Å². The summed E-state index contributed by atoms with van der Waals surface area (Å²) >= 11 is 0. The minimum absolute atomic E-state index is 0.261. The summed E-state index contributed by atoms with van der Waals surface area (Å²) < 4.78 is 18.2. The minimum Gasteiger partial charge on any atom is -0.457 e. The Hall–Kier alpha value is -1.77. The molecule has 0 amide bonds. The molecule has 0 saturated carbocycles. The SMILES string of the molecule is C[B]c1ccc(Oc2ccc(F)cc2)cc1. The van der Waals surface area contributed by atoms with Crippen LogP contribution in [0.1, 0.15) is 0 Å². The molecule has 0 saturated heterocycles. The van der Waals surface area contributed by atoms with Crippen molar-refractivity contribution in [1.29, 1.82) is 0 Å². The summed E-state index contributed by atoms with van der Waals surface area (Å²) in [4.78, 5) is 0. The van der Waals surface area contributed by atoms with Crippen molar-refractivity contribution >= 4 is 12.7 Å². The van der Waals surface area contributed by atoms with Gasteiger partial charge in [0.25, 0.3) is 0 Å². The number of hydrogen-bond acceptors (Lipinski definition) is 1. The third kappa shape index (κ3) is 2.63. The summed E-state index contributed by atoms with van der Waals surface area (Å²) in [5, 5.41) is 0. The predicted molar refractivity (Wildman–Crippen MR) is 64.2 cm³/mol. The number of halogens is 1. The summed E-state index contributed by atoms with van der Waals surface area (Å²) in [5.74, 6) is 1.12. The van der Waals surface area contributed by atoms with E-state index in [0.717, 1.165) is 11.2 Å². The zero-order valence-corrected chi connectivity index (χ0v) is 8.98. The van der Waals surface area contributed by atoms with E-state index in [1.54, 1.807) is 12.1 Å². The highest BCUT2D eigenvalue weighted by Gasteiger charge is 1.97. The Morgan fingerprint density at radius 2 is 1.38 bits per heavy atom. The molecule has 2 aromatic rings. The van der Waals surface area contributed by atoms with Crippen molar-refractivity contribution in [2.24, 2.45) is 0 Å². The highest BCUT2D eigenvalue weighted by molar-refractivity contribution is 6.51. The Labute approximate surface area is 95.1 Å². The lowest BCUT2D eigenvalue weighted by Gasteiger charge is -2.05. The van der Waals surface area contributed by atoms with Gasteiger partial charge >= 0.3 is 0 Å². The molecule has 0 aromatic heterocycles. The first-order valence-corrected chi connectivity index (χ1v) is 5.11. The van der Waals surface area contributed by atoms with Crippen LogP contribution in [-0.2, 0) is 0 Å². The molecule has 79 valence electrons. The van der Waals surface area contributed by atoms with Gasteiger partial charge in [-0.05, 0) is 36.4 Å². The molecule has 0 aliphatic rings. The quantitative estimate of drug-likeness (QED) is 0.712. The van der Waals surface area contributed by atoms with Crippen molar-refractivity contribution < 1.29 is 9.13 Å². The third-order valence-electron chi connectivity index (χ3n) is 2.26. The van der Waals surface area contributed by atoms with E-state index in [4.69, 9.17) is 4.74 Å². The Balaban J connectivity index is 2.11. The number of rotatable bonds is 3. The zero-order valence-electron chi connectivity index (χ0n) is 8.98. The van der Waals surface area contributed by atoms with Gasteiger partial charge < -0.3 is 4.74 Å². The normalized spacial score (nSPS) is 9.88. The molecule has 1 radical (unpaired) electrons. The third-order valence-corrected chi connectivity index (χ3v) is 2.26. The van der Waals surface area contributed by atoms with Crippen LogP contribution in [0.15, 0.2) is 48.5 Å². The lowest BCUT2D eigenvalue weighted by atomic mass is 9.73. The van der Waals surface area contributed by atoms with E-state index >= 15 is 0 Å². The van der Waals surface area contributed by atoms with Crippen LogP contribution in [0, 0.1) is 5.82 Å². The molecular weight excluding hydrogens is 202 g/mol. The van der Waals surface area contributed by atoms with Crippen molar-refractivity contribution in [3.8, 4) is 11.5 Å². The maximum atomic E-state index is 12.7. The maximum Gasteiger partial charge on any atom is 0.148 e. The monoisotopic (exact) mass is 213 g/mol. The van der Waals surface area contributed by atoms with Crippen molar-refractivity contribution in [1.82, 2.24) is 0 Å². The van der Waals surface area contributed by atoms with Crippen LogP contribution in [0.2, 0.25) is 6.82 Å². The summed E-state index contributed by atoms with van der Waals surface area (Å²) in [6.07, 6.45) is 0. The van der Waals surface area contributed by atoms with E-state index in [0.29, 0.717) is 5.75 Å². The molecular formula is C13H11BFO. The van der Waals surface area contributed by atoms with Gasteiger partial charge in [0.05, 0.1) is 0 Å². The highest BCUT2D eigenvalue weighted by Crippen LogP contribution is 2.20. The van der Waals surface area contributed by atoms with Crippen LogP contribution in [0.5, 0.6) is 11.5 Å². The van der Waals surface area contributed by atoms with Gasteiger partial charge in [0.1, 0.15) is 24.6 Å². The van der Waals surface area contributed by atoms with Crippen molar-refractivity contribution in [3.05, 3.63) is 54.3 Å². The van der Waals surface area contributed by atoms with Crippen LogP contribution in [-0.4, -0.2) is 7.28 Å². The van der Waals surface area contributed by atoms with Crippen LogP contribution in [0.3, 0.4) is 0 Å². The Bertz CT molecular complexity index is 450. The van der Waals surface area contributed by atoms with Crippen LogP contribution in [0.4, 0.5) is 4.39 Å². The van der Waals surface area contributed by atoms with Crippen molar-refractivity contribution in [2.45, 2.75) is 6.82 Å². The van der Waals surface area contributed by atoms with Gasteiger partial charge in [-0.15, -0.1) is 0 Å². The fraction of sp³-hybridized carbons (Fsp3) is 0.0769. The van der Waals surface area contributed by atoms with Crippen molar-refractivity contribution in [3.63, 3.8) is 0 Å². The fourth-order valence-corrected chi connectivity index (χ4v) is 1.37. The summed E-state index contributed by atoms with van der Waals surface area (Å²) in [6.45, 7) is 1.98. The second-order valence-electron chi connectivity index (χ2n) is 3.41. The van der Waals surface area contributed by atoms with Crippen LogP contribution >= 0.6 is 0 Å². The van der Waals surface area contributed by atoms with Gasteiger partial charge in [0.2, 0.25) is 0 Å². The molecule has 0 unspecified atom stereocenters. The first kappa shape index (κ1) is 10.7. The molecule has 0 aliphatic carbocycles. The average molecular weight is 213 g/mol. The van der Waals surface area contributed by atoms with Crippen molar-refractivity contribution in [2.75, 3.05) is 0 Å². The van der Waals surface area contributed by atoms with E-state index < -0.39 is 0 Å². The lowest BCUT2D eigenvalue weighted by Crippen LogP contribution is -2.08. The first-order chi connectivity index (χ1) is 7.78. The van der Waals surface area contributed by atoms with Crippen LogP contribution in [0.25, 0.3) is 0 Å². The second-order valence-corrected chi connectivity index (χ2v) is 3.41. The van der Waals surface area contributed by atoms with E-state index in [1.165, 1.54) is 12.1 Å². The van der Waals surface area contributed by atoms with Gasteiger partial charge in [0.15, 0.2) is 0 Å². The number of benzene rings is 2. The minimum atomic E-state index is -0.261. The molecule has 0 atom stereocenters. The smallest absolute Gasteiger partial charge is 0.148 e. The number of hydrogen-bond donors (Lipinski definition) is 0. The van der Waals surface area contributed by atoms with Gasteiger partial charge in [-0.1, -0.05) is 24.4 Å². The summed E-state index contributed by atoms with van der Waals surface area (Å²) in [5.41, 5.74) is 1.14. The van der Waals surface area contributed by atoms with Crippen LogP contribution < -0.4 is 10.2 Å². The molecule has 2 rings (SSSR count). The van der Waals surface area contributed by atoms with Gasteiger partial charge in [0, 0.05) is 0 Å². The fourth-order valence-electron chi connectivity index (χ4n) is 1.37. The predicted octanol–water partition coefficient (Wildman–Crippen LogP) is 3.00. The van der Waals surface area contributed by atoms with E-state index in [1.807, 2.05) is 38.4 Å².